The number of nitrogens with zero attached hydrogens (tertiary/aromatic N) is 1. The van der Waals surface area contributed by atoms with Gasteiger partial charge in [0.05, 0.1) is 24.9 Å². The first kappa shape index (κ1) is 15.9. The second-order valence-corrected chi connectivity index (χ2v) is 4.70. The predicted molar refractivity (Wildman–Crippen MR) is 86.5 cm³/mol. The molecule has 1 aromatic carbocycles. The highest BCUT2D eigenvalue weighted by Gasteiger charge is 2.11. The third kappa shape index (κ3) is 3.99. The largest absolute Gasteiger partial charge is 0.495 e. The van der Waals surface area contributed by atoms with E-state index in [0.29, 0.717) is 22.2 Å². The maximum atomic E-state index is 12.0. The number of carbonyl (C=O) groups excluding carboxylic acids is 1. The highest BCUT2D eigenvalue weighted by atomic mass is 35.5. The monoisotopic (exact) mass is 318 g/mol. The molecule has 0 saturated heterocycles. The number of aromatic nitrogens is 1. The molecule has 5 nitrogen and oxygen atoms in total. The van der Waals surface area contributed by atoms with Crippen LogP contribution in [0.5, 0.6) is 11.5 Å². The second kappa shape index (κ2) is 7.47. The van der Waals surface area contributed by atoms with Crippen LogP contribution in [0.15, 0.2) is 42.7 Å². The van der Waals surface area contributed by atoms with Gasteiger partial charge in [-0.15, -0.1) is 0 Å². The van der Waals surface area contributed by atoms with Crippen LogP contribution < -0.4 is 14.8 Å². The van der Waals surface area contributed by atoms with Crippen LogP contribution in [0.25, 0.3) is 6.08 Å². The van der Waals surface area contributed by atoms with Crippen LogP contribution in [-0.4, -0.2) is 25.1 Å². The minimum absolute atomic E-state index is 0.300. The SMILES string of the molecule is COc1cc(NC(=O)/C=C/c2cccnc2)c(OC)cc1Cl. The molecular formula is C16H15ClN2O3. The van der Waals surface area contributed by atoms with Crippen molar-refractivity contribution in [1.82, 2.24) is 4.98 Å². The van der Waals surface area contributed by atoms with Crippen molar-refractivity contribution in [2.24, 2.45) is 0 Å². The average Bonchev–Trinajstić information content (AvgIpc) is 2.55. The number of benzene rings is 1. The Hall–Kier alpha value is -2.53. The van der Waals surface area contributed by atoms with Crippen LogP contribution >= 0.6 is 11.6 Å². The Morgan fingerprint density at radius 2 is 2.05 bits per heavy atom. The molecule has 0 unspecified atom stereocenters. The molecular weight excluding hydrogens is 304 g/mol. The van der Waals surface area contributed by atoms with E-state index in [4.69, 9.17) is 21.1 Å². The minimum atomic E-state index is -0.300. The third-order valence-electron chi connectivity index (χ3n) is 2.84. The molecule has 1 N–H and O–H groups in total. The highest BCUT2D eigenvalue weighted by Crippen LogP contribution is 2.35. The quantitative estimate of drug-likeness (QED) is 0.858. The van der Waals surface area contributed by atoms with Gasteiger partial charge in [0.1, 0.15) is 11.5 Å². The average molecular weight is 319 g/mol. The van der Waals surface area contributed by atoms with E-state index < -0.39 is 0 Å². The minimum Gasteiger partial charge on any atom is -0.495 e. The topological polar surface area (TPSA) is 60.5 Å². The maximum absolute atomic E-state index is 12.0. The molecule has 6 heteroatoms. The molecule has 0 aliphatic rings. The van der Waals surface area contributed by atoms with Crippen molar-refractivity contribution >= 4 is 29.3 Å². The molecule has 1 heterocycles. The summed E-state index contributed by atoms with van der Waals surface area (Å²) in [6, 6.07) is 6.84. The summed E-state index contributed by atoms with van der Waals surface area (Å²) in [6.07, 6.45) is 6.41. The molecule has 0 saturated carbocycles. The van der Waals surface area contributed by atoms with Crippen LogP contribution in [0.2, 0.25) is 5.02 Å². The molecule has 0 atom stereocenters. The molecule has 0 fully saturated rings. The normalized spacial score (nSPS) is 10.5. The van der Waals surface area contributed by atoms with Crippen LogP contribution in [0, 0.1) is 0 Å². The first-order valence-electron chi connectivity index (χ1n) is 6.44. The maximum Gasteiger partial charge on any atom is 0.248 e. The fourth-order valence-corrected chi connectivity index (χ4v) is 2.01. The van der Waals surface area contributed by atoms with E-state index in [0.717, 1.165) is 5.56 Å². The highest BCUT2D eigenvalue weighted by molar-refractivity contribution is 6.32. The number of hydrogen-bond donors (Lipinski definition) is 1. The number of amides is 1. The van der Waals surface area contributed by atoms with E-state index in [1.54, 1.807) is 36.7 Å². The van der Waals surface area contributed by atoms with Crippen molar-refractivity contribution in [3.8, 4) is 11.5 Å². The lowest BCUT2D eigenvalue weighted by Crippen LogP contribution is -2.09. The van der Waals surface area contributed by atoms with Crippen molar-refractivity contribution < 1.29 is 14.3 Å². The molecule has 2 aromatic rings. The van der Waals surface area contributed by atoms with Crippen LogP contribution in [0.4, 0.5) is 5.69 Å². The number of anilines is 1. The van der Waals surface area contributed by atoms with Crippen molar-refractivity contribution in [3.05, 3.63) is 53.3 Å². The van der Waals surface area contributed by atoms with E-state index in [2.05, 4.69) is 10.3 Å². The molecule has 0 bridgehead atoms. The van der Waals surface area contributed by atoms with E-state index in [-0.39, 0.29) is 5.91 Å². The number of ether oxygens (including phenoxy) is 2. The van der Waals surface area contributed by atoms with Gasteiger partial charge < -0.3 is 14.8 Å². The first-order valence-corrected chi connectivity index (χ1v) is 6.82. The standard InChI is InChI=1S/C16H15ClN2O3/c1-21-14-9-13(15(22-2)8-12(14)17)19-16(20)6-5-11-4-3-7-18-10-11/h3-10H,1-2H3,(H,19,20)/b6-5+. The summed E-state index contributed by atoms with van der Waals surface area (Å²) in [4.78, 5) is 16.0. The molecule has 1 aromatic heterocycles. The van der Waals surface area contributed by atoms with Gasteiger partial charge in [0.25, 0.3) is 0 Å². The van der Waals surface area contributed by atoms with Gasteiger partial charge in [-0.2, -0.15) is 0 Å². The van der Waals surface area contributed by atoms with Crippen molar-refractivity contribution in [2.45, 2.75) is 0 Å². The smallest absolute Gasteiger partial charge is 0.248 e. The zero-order valence-electron chi connectivity index (χ0n) is 12.2. The third-order valence-corrected chi connectivity index (χ3v) is 3.14. The molecule has 114 valence electrons. The van der Waals surface area contributed by atoms with Crippen LogP contribution in [0.1, 0.15) is 5.56 Å². The summed E-state index contributed by atoms with van der Waals surface area (Å²) < 4.78 is 10.3. The Kier molecular flexibility index (Phi) is 5.38. The lowest BCUT2D eigenvalue weighted by atomic mass is 10.2. The second-order valence-electron chi connectivity index (χ2n) is 4.30. The summed E-state index contributed by atoms with van der Waals surface area (Å²) >= 11 is 6.02. The number of hydrogen-bond acceptors (Lipinski definition) is 4. The Morgan fingerprint density at radius 1 is 1.27 bits per heavy atom. The van der Waals surface area contributed by atoms with Gasteiger partial charge in [-0.1, -0.05) is 17.7 Å². The van der Waals surface area contributed by atoms with Gasteiger partial charge in [0.15, 0.2) is 0 Å². The Labute approximate surface area is 133 Å². The summed E-state index contributed by atoms with van der Waals surface area (Å²) in [5, 5.41) is 3.13. The van der Waals surface area contributed by atoms with Crippen molar-refractivity contribution in [3.63, 3.8) is 0 Å². The van der Waals surface area contributed by atoms with Crippen molar-refractivity contribution in [2.75, 3.05) is 19.5 Å². The number of rotatable bonds is 5. The van der Waals surface area contributed by atoms with E-state index in [9.17, 15) is 4.79 Å². The van der Waals surface area contributed by atoms with E-state index >= 15 is 0 Å². The van der Waals surface area contributed by atoms with Crippen molar-refractivity contribution in [1.29, 1.82) is 0 Å². The molecule has 0 aliphatic heterocycles. The van der Waals surface area contributed by atoms with E-state index in [1.165, 1.54) is 20.3 Å². The van der Waals surface area contributed by atoms with Crippen LogP contribution in [-0.2, 0) is 4.79 Å². The number of methoxy groups -OCH3 is 2. The summed E-state index contributed by atoms with van der Waals surface area (Å²) in [5.41, 5.74) is 1.31. The fraction of sp³-hybridized carbons (Fsp3) is 0.125. The molecule has 22 heavy (non-hydrogen) atoms. The van der Waals surface area contributed by atoms with Gasteiger partial charge in [-0.05, 0) is 17.7 Å². The van der Waals surface area contributed by atoms with Gasteiger partial charge in [0.2, 0.25) is 5.91 Å². The Morgan fingerprint density at radius 3 is 2.68 bits per heavy atom. The summed E-state index contributed by atoms with van der Waals surface area (Å²) in [7, 11) is 3.00. The van der Waals surface area contributed by atoms with E-state index in [1.807, 2.05) is 6.07 Å². The molecule has 2 rings (SSSR count). The molecule has 0 aliphatic carbocycles. The Bertz CT molecular complexity index is 687. The summed E-state index contributed by atoms with van der Waals surface area (Å²) in [6.45, 7) is 0. The van der Waals surface area contributed by atoms with Gasteiger partial charge in [-0.3, -0.25) is 9.78 Å². The number of halogens is 1. The number of nitrogens with one attached hydrogen (secondary N) is 1. The molecule has 0 spiro atoms. The summed E-state index contributed by atoms with van der Waals surface area (Å²) in [5.74, 6) is 0.606. The molecule has 1 amide bonds. The van der Waals surface area contributed by atoms with Crippen LogP contribution in [0.3, 0.4) is 0 Å². The molecule has 0 radical (unpaired) electrons. The fourth-order valence-electron chi connectivity index (χ4n) is 1.78. The van der Waals surface area contributed by atoms with Gasteiger partial charge >= 0.3 is 0 Å². The lowest BCUT2D eigenvalue weighted by molar-refractivity contribution is -0.111. The van der Waals surface area contributed by atoms with Gasteiger partial charge in [0, 0.05) is 30.6 Å². The van der Waals surface area contributed by atoms with Gasteiger partial charge in [-0.25, -0.2) is 0 Å². The number of carbonyl (C=O) groups is 1. The first-order chi connectivity index (χ1) is 10.6. The zero-order chi connectivity index (χ0) is 15.9. The number of pyridine rings is 1. The Balaban J connectivity index is 2.16. The predicted octanol–water partition coefficient (Wildman–Crippen LogP) is 3.40. The zero-order valence-corrected chi connectivity index (χ0v) is 12.9. The lowest BCUT2D eigenvalue weighted by Gasteiger charge is -2.12.